The predicted octanol–water partition coefficient (Wildman–Crippen LogP) is 0.792. The summed E-state index contributed by atoms with van der Waals surface area (Å²) in [5.74, 6) is -9.27. The van der Waals surface area contributed by atoms with Crippen LogP contribution >= 0.6 is 11.6 Å². The van der Waals surface area contributed by atoms with Gasteiger partial charge in [0.25, 0.3) is 0 Å². The van der Waals surface area contributed by atoms with E-state index in [1.54, 1.807) is 105 Å². The minimum Gasteiger partial charge on any atom is -0.399 e. The number of urea groups is 2. The molecule has 0 saturated carbocycles. The first-order chi connectivity index (χ1) is 50.5. The van der Waals surface area contributed by atoms with E-state index in [2.05, 4.69) is 58.5 Å². The van der Waals surface area contributed by atoms with Gasteiger partial charge in [0.1, 0.15) is 60.4 Å². The molecule has 1 fully saturated rings. The van der Waals surface area contributed by atoms with E-state index in [9.17, 15) is 53.1 Å². The van der Waals surface area contributed by atoms with Crippen LogP contribution in [-0.4, -0.2) is 167 Å². The molecule has 1 aliphatic rings. The summed E-state index contributed by atoms with van der Waals surface area (Å²) in [5.41, 5.74) is 31.2. The summed E-state index contributed by atoms with van der Waals surface area (Å²) in [5, 5.41) is 49.7. The molecule has 0 unspecified atom stereocenters. The number of nitrogens with two attached hydrogens (primary N) is 5. The number of anilines is 2. The van der Waals surface area contributed by atoms with Gasteiger partial charge in [-0.05, 0) is 120 Å². The number of guanidine groups is 1. The van der Waals surface area contributed by atoms with Crippen LogP contribution in [0.3, 0.4) is 0 Å². The topological polar surface area (TPSA) is 515 Å². The van der Waals surface area contributed by atoms with Crippen molar-refractivity contribution in [1.82, 2.24) is 58.1 Å². The van der Waals surface area contributed by atoms with Crippen molar-refractivity contribution in [3.05, 3.63) is 178 Å². The molecular formula is C74H93ClN18O13. The molecule has 7 rings (SSSR count). The monoisotopic (exact) mass is 1480 g/mol. The maximum absolute atomic E-state index is 15.1. The molecule has 0 radical (unpaired) electrons. The number of benzene rings is 6. The maximum atomic E-state index is 15.1. The van der Waals surface area contributed by atoms with E-state index >= 15 is 9.59 Å². The number of primary amides is 3. The highest BCUT2D eigenvalue weighted by Crippen LogP contribution is 2.23. The molecule has 0 bridgehead atoms. The molecule has 23 N–H and O–H groups in total. The number of hydrogen-bond donors (Lipinski definition) is 18. The van der Waals surface area contributed by atoms with Gasteiger partial charge in [0.05, 0.1) is 6.61 Å². The van der Waals surface area contributed by atoms with Crippen molar-refractivity contribution in [2.24, 2.45) is 28.9 Å². The van der Waals surface area contributed by atoms with Crippen LogP contribution in [0.15, 0.2) is 146 Å². The Bertz CT molecular complexity index is 4090. The average Bonchev–Trinajstić information content (AvgIpc) is 1.02. The number of nitrogen functional groups attached to an aromatic ring is 1. The second-order valence-electron chi connectivity index (χ2n) is 26.3. The van der Waals surface area contributed by atoms with E-state index in [1.165, 1.54) is 36.1 Å². The smallest absolute Gasteiger partial charge is 0.316 e. The van der Waals surface area contributed by atoms with Crippen LogP contribution in [0.5, 0.6) is 0 Å². The van der Waals surface area contributed by atoms with Gasteiger partial charge in [-0.25, -0.2) is 9.59 Å². The summed E-state index contributed by atoms with van der Waals surface area (Å²) >= 11 is 6.24. The molecule has 32 heteroatoms. The Morgan fingerprint density at radius 3 is 1.47 bits per heavy atom. The maximum Gasteiger partial charge on any atom is 0.316 e. The van der Waals surface area contributed by atoms with Gasteiger partial charge in [0.15, 0.2) is 5.96 Å². The molecule has 1 heterocycles. The van der Waals surface area contributed by atoms with Crippen LogP contribution in [0.4, 0.5) is 21.0 Å². The number of carbonyl (C=O) groups excluding carboxylic acids is 12. The second kappa shape index (κ2) is 39.7. The molecule has 6 aromatic carbocycles. The van der Waals surface area contributed by atoms with Gasteiger partial charge in [-0.1, -0.05) is 135 Å². The zero-order chi connectivity index (χ0) is 77.1. The number of carbonyl (C=O) groups is 12. The standard InChI is InChI=1S/C74H93ClN18O13/c1-41(2)34-54(63(96)85-53(18-10-32-82-72(78)79)71(104)93-33-11-19-61(93)70(103)83-42(3)62(77)95)86-64(97)57(38-46-24-30-51(31-25-46)84-73(80)105)88-66(99)58(37-45-22-28-50(76)29-23-45)90-69(102)60(40-94)91-67(100)55(35-43-12-5-4-6-13-43)87-65(98)56(36-44-20-26-49(75)27-21-44)89-68(101)59(92-74(81)106)39-48-16-9-15-47-14-7-8-17-52(47)48/h4-9,12-17,20-31,41-42,53-61,94H,10-11,18-19,32-40,76H2,1-3H3,(H2,77,95)(H,83,103)(H,85,96)(H,86,97)(H,87,98)(H,88,99)(H,89,101)(H,90,102)(H,91,100)(H4,78,79,82)(H3,80,84,105)(H3,81,92,106)/t42-,53+,54+,55-,56-,57-,58+,59-,60+,61+/m1/s1. The highest BCUT2D eigenvalue weighted by molar-refractivity contribution is 6.30. The first kappa shape index (κ1) is 81.4. The fraction of sp³-hybridized carbons (Fsp3) is 0.365. The molecule has 564 valence electrons. The van der Waals surface area contributed by atoms with Crippen LogP contribution in [0.25, 0.3) is 10.8 Å². The van der Waals surface area contributed by atoms with Gasteiger partial charge in [-0.15, -0.1) is 0 Å². The van der Waals surface area contributed by atoms with Gasteiger partial charge < -0.3 is 97.2 Å². The van der Waals surface area contributed by atoms with Crippen LogP contribution in [0, 0.1) is 11.3 Å². The first-order valence-electron chi connectivity index (χ1n) is 34.6. The summed E-state index contributed by atoms with van der Waals surface area (Å²) < 4.78 is 0. The zero-order valence-corrected chi connectivity index (χ0v) is 59.7. The molecule has 1 aliphatic heterocycles. The molecule has 10 atom stereocenters. The highest BCUT2D eigenvalue weighted by Gasteiger charge is 2.40. The number of nitrogens with one attached hydrogen (secondary N) is 12. The number of nitrogens with zero attached hydrogens (tertiary/aromatic N) is 1. The predicted molar refractivity (Wildman–Crippen MR) is 398 cm³/mol. The number of aliphatic hydroxyl groups excluding tert-OH is 1. The molecular weight excluding hydrogens is 1380 g/mol. The lowest BCUT2D eigenvalue weighted by atomic mass is 9.97. The Labute approximate surface area is 617 Å². The number of halogens is 1. The Kier molecular flexibility index (Phi) is 30.5. The Hall–Kier alpha value is -11.9. The average molecular weight is 1480 g/mol. The molecule has 0 spiro atoms. The van der Waals surface area contributed by atoms with Crippen LogP contribution in [0.1, 0.15) is 80.7 Å². The number of fused-ring (bicyclic) bond motifs is 1. The SMILES string of the molecule is CC(C)C[C@H](NC(=O)[C@@H](Cc1ccc(NC(N)=O)cc1)NC(=O)[C@H](Cc1ccc(N)cc1)NC(=O)[C@H](CO)NC(=O)[C@@H](Cc1ccccc1)NC(=O)[C@@H](Cc1ccc(Cl)cc1)NC(=O)[C@@H](Cc1cccc2ccccc12)NC(N)=O)C(=O)N[C@@H](CCCNC(=N)N)C(=O)N1CCC[C@H]1C(=O)N[C@H](C)C(N)=O. The summed E-state index contributed by atoms with van der Waals surface area (Å²) in [6, 6.07) is 24.0. The third-order valence-corrected chi connectivity index (χ3v) is 17.8. The normalized spacial score (nSPS) is 15.0. The summed E-state index contributed by atoms with van der Waals surface area (Å²) in [6.45, 7) is 4.10. The van der Waals surface area contributed by atoms with Crippen molar-refractivity contribution < 1.29 is 62.6 Å². The van der Waals surface area contributed by atoms with Crippen molar-refractivity contribution in [2.45, 2.75) is 145 Å². The summed E-state index contributed by atoms with van der Waals surface area (Å²) in [4.78, 5) is 169. The lowest BCUT2D eigenvalue weighted by molar-refractivity contribution is -0.142. The van der Waals surface area contributed by atoms with Crippen molar-refractivity contribution in [2.75, 3.05) is 30.7 Å². The highest BCUT2D eigenvalue weighted by atomic mass is 35.5. The molecule has 0 aliphatic carbocycles. The van der Waals surface area contributed by atoms with Gasteiger partial charge >= 0.3 is 12.1 Å². The molecule has 6 aromatic rings. The van der Waals surface area contributed by atoms with Gasteiger partial charge in [0, 0.05) is 61.6 Å². The largest absolute Gasteiger partial charge is 0.399 e. The second-order valence-corrected chi connectivity index (χ2v) is 26.7. The molecule has 1 saturated heterocycles. The quantitative estimate of drug-likeness (QED) is 0.0111. The molecule has 14 amide bonds. The Morgan fingerprint density at radius 2 is 0.962 bits per heavy atom. The Morgan fingerprint density at radius 1 is 0.509 bits per heavy atom. The van der Waals surface area contributed by atoms with E-state index < -0.39 is 138 Å². The van der Waals surface area contributed by atoms with Crippen molar-refractivity contribution in [3.8, 4) is 0 Å². The zero-order valence-electron chi connectivity index (χ0n) is 59.0. The van der Waals surface area contributed by atoms with Crippen molar-refractivity contribution in [3.63, 3.8) is 0 Å². The number of amides is 14. The van der Waals surface area contributed by atoms with E-state index in [4.69, 9.17) is 45.7 Å². The number of rotatable bonds is 37. The van der Waals surface area contributed by atoms with E-state index in [1.807, 2.05) is 30.3 Å². The van der Waals surface area contributed by atoms with Gasteiger partial charge in [-0.3, -0.25) is 53.4 Å². The van der Waals surface area contributed by atoms with E-state index in [0.717, 1.165) is 10.8 Å². The van der Waals surface area contributed by atoms with Gasteiger partial charge in [0.2, 0.25) is 59.1 Å². The lowest BCUT2D eigenvalue weighted by Crippen LogP contribution is -2.62. The number of aliphatic hydroxyl groups is 1. The van der Waals surface area contributed by atoms with E-state index in [-0.39, 0.29) is 88.4 Å². The summed E-state index contributed by atoms with van der Waals surface area (Å²) in [7, 11) is 0. The molecule has 106 heavy (non-hydrogen) atoms. The summed E-state index contributed by atoms with van der Waals surface area (Å²) in [6.07, 6.45) is -0.265. The third kappa shape index (κ3) is 25.2. The van der Waals surface area contributed by atoms with Crippen LogP contribution in [0.2, 0.25) is 5.02 Å². The van der Waals surface area contributed by atoms with Crippen molar-refractivity contribution >= 4 is 111 Å². The van der Waals surface area contributed by atoms with E-state index in [0.29, 0.717) is 44.9 Å². The lowest BCUT2D eigenvalue weighted by Gasteiger charge is -2.31. The molecule has 0 aromatic heterocycles. The number of likely N-dealkylation sites (tertiary alicyclic amines) is 1. The van der Waals surface area contributed by atoms with Crippen LogP contribution < -0.4 is 87.2 Å². The molecule has 31 nitrogen and oxygen atoms in total. The fourth-order valence-corrected chi connectivity index (χ4v) is 12.2. The van der Waals surface area contributed by atoms with Gasteiger partial charge in [-0.2, -0.15) is 0 Å². The van der Waals surface area contributed by atoms with Crippen LogP contribution in [-0.2, 0) is 80.0 Å². The minimum absolute atomic E-state index is 0.0253. The first-order valence-corrected chi connectivity index (χ1v) is 34.9. The third-order valence-electron chi connectivity index (χ3n) is 17.6. The fourth-order valence-electron chi connectivity index (χ4n) is 12.1. The van der Waals surface area contributed by atoms with Crippen molar-refractivity contribution in [1.29, 1.82) is 5.41 Å². The number of hydrogen-bond acceptors (Lipinski definition) is 15. The Balaban J connectivity index is 1.16. The minimum atomic E-state index is -1.84.